The first-order valence-electron chi connectivity index (χ1n) is 9.49. The van der Waals surface area contributed by atoms with Gasteiger partial charge in [0.1, 0.15) is 12.4 Å². The van der Waals surface area contributed by atoms with E-state index in [2.05, 4.69) is 17.1 Å². The smallest absolute Gasteiger partial charge is 0.244 e. The van der Waals surface area contributed by atoms with Gasteiger partial charge in [-0.25, -0.2) is 4.39 Å². The van der Waals surface area contributed by atoms with Crippen LogP contribution >= 0.6 is 0 Å². The Hall–Kier alpha value is -2.67. The third kappa shape index (κ3) is 5.19. The van der Waals surface area contributed by atoms with Crippen molar-refractivity contribution in [1.29, 1.82) is 0 Å². The molecule has 28 heavy (non-hydrogen) atoms. The molecule has 2 aromatic rings. The van der Waals surface area contributed by atoms with Crippen molar-refractivity contribution < 1.29 is 13.9 Å². The first kappa shape index (κ1) is 20.1. The summed E-state index contributed by atoms with van der Waals surface area (Å²) in [6.07, 6.45) is 3.82. The lowest BCUT2D eigenvalue weighted by Gasteiger charge is -2.31. The van der Waals surface area contributed by atoms with E-state index in [0.29, 0.717) is 18.2 Å². The van der Waals surface area contributed by atoms with E-state index in [4.69, 9.17) is 4.74 Å². The number of carbonyl (C=O) groups excluding carboxylic acids is 1. The lowest BCUT2D eigenvalue weighted by molar-refractivity contribution is -0.116. The molecule has 0 aliphatic carbocycles. The van der Waals surface area contributed by atoms with Gasteiger partial charge in [0.15, 0.2) is 5.75 Å². The normalized spacial score (nSPS) is 15.4. The number of amides is 1. The molecule has 6 nitrogen and oxygen atoms in total. The minimum atomic E-state index is -0.414. The highest BCUT2D eigenvalue weighted by atomic mass is 19.1. The van der Waals surface area contributed by atoms with Gasteiger partial charge < -0.3 is 14.6 Å². The number of likely N-dealkylation sites (tertiary alicyclic amines) is 1. The lowest BCUT2D eigenvalue weighted by atomic mass is 9.99. The fraction of sp³-hybridized carbons (Fsp3) is 0.429. The Balaban J connectivity index is 1.77. The number of nitrogens with zero attached hydrogens (tertiary/aromatic N) is 2. The molecule has 1 fully saturated rings. The van der Waals surface area contributed by atoms with Crippen LogP contribution in [0, 0.1) is 11.7 Å². The highest BCUT2D eigenvalue weighted by Gasteiger charge is 2.18. The van der Waals surface area contributed by atoms with Crippen LogP contribution in [0.15, 0.2) is 41.3 Å². The maximum Gasteiger partial charge on any atom is 0.244 e. The zero-order valence-corrected chi connectivity index (χ0v) is 16.3. The summed E-state index contributed by atoms with van der Waals surface area (Å²) in [5.74, 6) is 0.189. The summed E-state index contributed by atoms with van der Waals surface area (Å²) in [4.78, 5) is 27.0. The summed E-state index contributed by atoms with van der Waals surface area (Å²) in [6, 6.07) is 7.28. The molecule has 7 heteroatoms. The molecule has 1 aromatic heterocycles. The summed E-state index contributed by atoms with van der Waals surface area (Å²) in [6.45, 7) is 4.79. The fourth-order valence-corrected chi connectivity index (χ4v) is 3.40. The monoisotopic (exact) mass is 387 g/mol. The van der Waals surface area contributed by atoms with E-state index in [-0.39, 0.29) is 23.6 Å². The number of ether oxygens (including phenoxy) is 1. The van der Waals surface area contributed by atoms with E-state index in [1.165, 1.54) is 31.4 Å². The van der Waals surface area contributed by atoms with Gasteiger partial charge in [-0.3, -0.25) is 14.5 Å². The molecule has 0 saturated carbocycles. The molecule has 0 atom stereocenters. The number of halogens is 1. The van der Waals surface area contributed by atoms with Gasteiger partial charge >= 0.3 is 0 Å². The van der Waals surface area contributed by atoms with Gasteiger partial charge in [-0.1, -0.05) is 13.0 Å². The molecule has 1 aromatic carbocycles. The molecule has 0 bridgehead atoms. The Morgan fingerprint density at radius 2 is 2.04 bits per heavy atom. The van der Waals surface area contributed by atoms with Crippen LogP contribution in [0.3, 0.4) is 0 Å². The van der Waals surface area contributed by atoms with Crippen molar-refractivity contribution >= 4 is 11.6 Å². The quantitative estimate of drug-likeness (QED) is 0.828. The molecule has 150 valence electrons. The molecule has 1 N–H and O–H groups in total. The number of aromatic nitrogens is 1. The van der Waals surface area contributed by atoms with E-state index < -0.39 is 5.82 Å². The number of hydrogen-bond acceptors (Lipinski definition) is 4. The van der Waals surface area contributed by atoms with E-state index in [0.717, 1.165) is 31.6 Å². The molecule has 1 aliphatic heterocycles. The van der Waals surface area contributed by atoms with Crippen molar-refractivity contribution in [2.24, 2.45) is 5.92 Å². The fourth-order valence-electron chi connectivity index (χ4n) is 3.40. The average molecular weight is 387 g/mol. The third-order valence-electron chi connectivity index (χ3n) is 5.09. The Kier molecular flexibility index (Phi) is 6.46. The zero-order chi connectivity index (χ0) is 20.1. The lowest BCUT2D eigenvalue weighted by Crippen LogP contribution is -2.34. The van der Waals surface area contributed by atoms with Crippen molar-refractivity contribution in [3.63, 3.8) is 0 Å². The largest absolute Gasteiger partial charge is 0.491 e. The number of rotatable bonds is 6. The molecule has 3 rings (SSSR count). The van der Waals surface area contributed by atoms with Crippen LogP contribution in [0.25, 0.3) is 0 Å². The van der Waals surface area contributed by atoms with Crippen LogP contribution in [0.1, 0.15) is 25.5 Å². The maximum atomic E-state index is 13.3. The Bertz CT molecular complexity index is 889. The van der Waals surface area contributed by atoms with E-state index in [1.54, 1.807) is 16.8 Å². The van der Waals surface area contributed by atoms with Crippen molar-refractivity contribution in [1.82, 2.24) is 9.47 Å². The van der Waals surface area contributed by atoms with Gasteiger partial charge in [-0.15, -0.1) is 0 Å². The molecule has 2 heterocycles. The number of hydrogen-bond donors (Lipinski definition) is 1. The Labute approximate surface area is 163 Å². The Morgan fingerprint density at radius 1 is 1.29 bits per heavy atom. The third-order valence-corrected chi connectivity index (χ3v) is 5.09. The van der Waals surface area contributed by atoms with Crippen LogP contribution in [0.2, 0.25) is 0 Å². The van der Waals surface area contributed by atoms with Gasteiger partial charge in [-0.2, -0.15) is 0 Å². The maximum absolute atomic E-state index is 13.3. The summed E-state index contributed by atoms with van der Waals surface area (Å²) >= 11 is 0. The number of nitrogens with one attached hydrogen (secondary N) is 1. The van der Waals surface area contributed by atoms with Crippen molar-refractivity contribution in [2.45, 2.75) is 32.9 Å². The first-order chi connectivity index (χ1) is 13.4. The average Bonchev–Trinajstić information content (AvgIpc) is 2.65. The standard InChI is InChI=1S/C21H26FN3O3/c1-15-6-8-24(9-7-15)12-18-11-19(26)20(28-2)13-25(18)14-21(27)23-17-5-3-4-16(22)10-17/h3-5,10-11,13,15H,6-9,12,14H2,1-2H3,(H,23,27). The summed E-state index contributed by atoms with van der Waals surface area (Å²) in [5.41, 5.74) is 0.948. The molecule has 0 spiro atoms. The minimum Gasteiger partial charge on any atom is -0.491 e. The number of anilines is 1. The minimum absolute atomic E-state index is 0.00668. The predicted octanol–water partition coefficient (Wildman–Crippen LogP) is 2.87. The van der Waals surface area contributed by atoms with Crippen LogP contribution in [-0.4, -0.2) is 35.6 Å². The van der Waals surface area contributed by atoms with Crippen LogP contribution in [0.5, 0.6) is 5.75 Å². The highest BCUT2D eigenvalue weighted by Crippen LogP contribution is 2.19. The van der Waals surface area contributed by atoms with Crippen molar-refractivity contribution in [3.05, 3.63) is 58.3 Å². The molecular weight excluding hydrogens is 361 g/mol. The second-order valence-corrected chi connectivity index (χ2v) is 7.34. The molecule has 1 saturated heterocycles. The van der Waals surface area contributed by atoms with Crippen LogP contribution in [-0.2, 0) is 17.9 Å². The zero-order valence-electron chi connectivity index (χ0n) is 16.3. The number of carbonyl (C=O) groups is 1. The van der Waals surface area contributed by atoms with Crippen LogP contribution < -0.4 is 15.5 Å². The van der Waals surface area contributed by atoms with Crippen LogP contribution in [0.4, 0.5) is 10.1 Å². The SMILES string of the molecule is COc1cn(CC(=O)Nc2cccc(F)c2)c(CN2CCC(C)CC2)cc1=O. The highest BCUT2D eigenvalue weighted by molar-refractivity contribution is 5.90. The van der Waals surface area contributed by atoms with E-state index in [9.17, 15) is 14.0 Å². The van der Waals surface area contributed by atoms with E-state index >= 15 is 0 Å². The van der Waals surface area contributed by atoms with Gasteiger partial charge in [0.05, 0.1) is 13.3 Å². The molecule has 1 amide bonds. The van der Waals surface area contributed by atoms with Gasteiger partial charge in [0.2, 0.25) is 11.3 Å². The second-order valence-electron chi connectivity index (χ2n) is 7.34. The number of pyridine rings is 1. The molecule has 0 unspecified atom stereocenters. The second kappa shape index (κ2) is 9.01. The topological polar surface area (TPSA) is 63.6 Å². The number of methoxy groups -OCH3 is 1. The first-order valence-corrected chi connectivity index (χ1v) is 9.49. The predicted molar refractivity (Wildman–Crippen MR) is 106 cm³/mol. The molecular formula is C21H26FN3O3. The Morgan fingerprint density at radius 3 is 2.71 bits per heavy atom. The van der Waals surface area contributed by atoms with Gasteiger partial charge in [0.25, 0.3) is 0 Å². The summed E-state index contributed by atoms with van der Waals surface area (Å²) < 4.78 is 20.2. The van der Waals surface area contributed by atoms with Crippen molar-refractivity contribution in [2.75, 3.05) is 25.5 Å². The molecule has 0 radical (unpaired) electrons. The summed E-state index contributed by atoms with van der Waals surface area (Å²) in [5, 5.41) is 2.69. The van der Waals surface area contributed by atoms with E-state index in [1.807, 2.05) is 0 Å². The number of piperidine rings is 1. The van der Waals surface area contributed by atoms with Gasteiger partial charge in [0, 0.05) is 24.0 Å². The van der Waals surface area contributed by atoms with Gasteiger partial charge in [-0.05, 0) is 50.0 Å². The van der Waals surface area contributed by atoms with Crippen molar-refractivity contribution in [3.8, 4) is 5.75 Å². The molecule has 1 aliphatic rings. The summed E-state index contributed by atoms with van der Waals surface area (Å²) in [7, 11) is 1.43. The number of benzene rings is 1.